The van der Waals surface area contributed by atoms with E-state index in [-0.39, 0.29) is 18.3 Å². The van der Waals surface area contributed by atoms with E-state index in [0.717, 1.165) is 46.6 Å². The number of hydrogen-bond donors (Lipinski definition) is 2. The van der Waals surface area contributed by atoms with Crippen LogP contribution in [0.5, 0.6) is 5.75 Å². The summed E-state index contributed by atoms with van der Waals surface area (Å²) in [4.78, 5) is 36.7. The quantitative estimate of drug-likeness (QED) is 0.0527. The second-order valence-corrected chi connectivity index (χ2v) is 16.7. The van der Waals surface area contributed by atoms with Gasteiger partial charge in [0, 0.05) is 22.7 Å². The molecule has 55 heavy (non-hydrogen) atoms. The average molecular weight is 774 g/mol. The summed E-state index contributed by atoms with van der Waals surface area (Å²) in [5, 5.41) is 4.20. The molecule has 8 nitrogen and oxygen atoms in total. The van der Waals surface area contributed by atoms with Gasteiger partial charge >= 0.3 is 11.9 Å². The van der Waals surface area contributed by atoms with Gasteiger partial charge < -0.3 is 24.5 Å². The smallest absolute Gasteiger partial charge is 0.337 e. The summed E-state index contributed by atoms with van der Waals surface area (Å²) >= 11 is 1.50. The van der Waals surface area contributed by atoms with E-state index in [1.165, 1.54) is 82.4 Å². The Morgan fingerprint density at radius 3 is 1.89 bits per heavy atom. The van der Waals surface area contributed by atoms with Crippen LogP contribution in [-0.2, 0) is 25.5 Å². The van der Waals surface area contributed by atoms with Crippen LogP contribution in [0.2, 0.25) is 0 Å². The Hall–Kier alpha value is -3.72. The van der Waals surface area contributed by atoms with E-state index in [0.29, 0.717) is 34.0 Å². The summed E-state index contributed by atoms with van der Waals surface area (Å²) in [6, 6.07) is 14.0. The summed E-state index contributed by atoms with van der Waals surface area (Å²) in [6.45, 7) is 15.5. The SMILES string of the molecule is CCCCCCCCCCCCCCCc1cccc(OC(C)C)c1C1C(C(=O)OC(C)C)=C(C)NC(CSc2nc3ccccc3[nH]2)=C1C(=O)OC(C)C. The van der Waals surface area contributed by atoms with Gasteiger partial charge in [0.05, 0.1) is 46.4 Å². The molecule has 0 saturated heterocycles. The lowest BCUT2D eigenvalue weighted by atomic mass is 9.77. The van der Waals surface area contributed by atoms with Crippen molar-refractivity contribution in [2.24, 2.45) is 0 Å². The van der Waals surface area contributed by atoms with E-state index in [4.69, 9.17) is 19.2 Å². The number of unbranched alkanes of at least 4 members (excludes halogenated alkanes) is 12. The molecule has 1 aromatic heterocycles. The fourth-order valence-corrected chi connectivity index (χ4v) is 8.18. The number of para-hydroxylation sites is 2. The summed E-state index contributed by atoms with van der Waals surface area (Å²) in [5.74, 6) is -0.645. The Labute approximate surface area is 335 Å². The number of aryl methyl sites for hydroxylation is 1. The topological polar surface area (TPSA) is 103 Å². The number of rotatable bonds is 24. The third-order valence-corrected chi connectivity index (χ3v) is 10.7. The zero-order chi connectivity index (χ0) is 39.7. The summed E-state index contributed by atoms with van der Waals surface area (Å²) < 4.78 is 18.4. The molecule has 302 valence electrons. The molecular weight excluding hydrogens is 707 g/mol. The highest BCUT2D eigenvalue weighted by Gasteiger charge is 2.42. The number of aromatic amines is 1. The lowest BCUT2D eigenvalue weighted by Gasteiger charge is -2.34. The van der Waals surface area contributed by atoms with Gasteiger partial charge in [0.25, 0.3) is 0 Å². The number of esters is 2. The van der Waals surface area contributed by atoms with Crippen molar-refractivity contribution in [3.05, 3.63) is 76.1 Å². The normalized spacial score (nSPS) is 14.7. The molecule has 2 N–H and O–H groups in total. The van der Waals surface area contributed by atoms with Crippen LogP contribution in [-0.4, -0.2) is 46.0 Å². The zero-order valence-corrected chi connectivity index (χ0v) is 35.7. The third kappa shape index (κ3) is 13.5. The lowest BCUT2D eigenvalue weighted by Crippen LogP contribution is -2.35. The van der Waals surface area contributed by atoms with Crippen molar-refractivity contribution in [1.29, 1.82) is 0 Å². The molecule has 0 spiro atoms. The Morgan fingerprint density at radius 1 is 0.727 bits per heavy atom. The van der Waals surface area contributed by atoms with Crippen molar-refractivity contribution in [3.8, 4) is 5.75 Å². The number of aromatic nitrogens is 2. The fourth-order valence-electron chi connectivity index (χ4n) is 7.33. The summed E-state index contributed by atoms with van der Waals surface area (Å²) in [6.07, 6.45) is 16.6. The highest BCUT2D eigenvalue weighted by atomic mass is 32.2. The van der Waals surface area contributed by atoms with Crippen molar-refractivity contribution in [3.63, 3.8) is 0 Å². The van der Waals surface area contributed by atoms with Crippen molar-refractivity contribution in [2.45, 2.75) is 175 Å². The van der Waals surface area contributed by atoms with Crippen LogP contribution in [0.3, 0.4) is 0 Å². The zero-order valence-electron chi connectivity index (χ0n) is 34.9. The van der Waals surface area contributed by atoms with Gasteiger partial charge in [-0.25, -0.2) is 14.6 Å². The van der Waals surface area contributed by atoms with Crippen LogP contribution in [0.1, 0.15) is 156 Å². The molecule has 0 saturated carbocycles. The van der Waals surface area contributed by atoms with E-state index in [9.17, 15) is 9.59 Å². The minimum absolute atomic E-state index is 0.124. The largest absolute Gasteiger partial charge is 0.491 e. The van der Waals surface area contributed by atoms with Crippen molar-refractivity contribution in [1.82, 2.24) is 15.3 Å². The van der Waals surface area contributed by atoms with Crippen LogP contribution in [0, 0.1) is 0 Å². The number of hydrogen-bond acceptors (Lipinski definition) is 8. The number of ether oxygens (including phenoxy) is 3. The second-order valence-electron chi connectivity index (χ2n) is 15.7. The van der Waals surface area contributed by atoms with Crippen LogP contribution < -0.4 is 10.1 Å². The fraction of sp³-hybridized carbons (Fsp3) is 0.587. The molecule has 1 unspecified atom stereocenters. The molecule has 9 heteroatoms. The van der Waals surface area contributed by atoms with Crippen LogP contribution in [0.4, 0.5) is 0 Å². The van der Waals surface area contributed by atoms with Gasteiger partial charge in [-0.2, -0.15) is 0 Å². The maximum Gasteiger partial charge on any atom is 0.337 e. The van der Waals surface area contributed by atoms with Gasteiger partial charge in [-0.1, -0.05) is 120 Å². The van der Waals surface area contributed by atoms with Crippen molar-refractivity contribution in [2.75, 3.05) is 5.75 Å². The minimum atomic E-state index is -0.767. The van der Waals surface area contributed by atoms with Crippen molar-refractivity contribution >= 4 is 34.7 Å². The molecule has 0 fully saturated rings. The maximum absolute atomic E-state index is 14.4. The third-order valence-electron chi connectivity index (χ3n) is 9.85. The maximum atomic E-state index is 14.4. The van der Waals surface area contributed by atoms with E-state index in [1.54, 1.807) is 0 Å². The summed E-state index contributed by atoms with van der Waals surface area (Å²) in [5.41, 5.74) is 5.82. The molecule has 0 amide bonds. The number of thioether (sulfide) groups is 1. The van der Waals surface area contributed by atoms with Gasteiger partial charge in [0.1, 0.15) is 5.75 Å². The van der Waals surface area contributed by atoms with Crippen LogP contribution in [0.25, 0.3) is 11.0 Å². The van der Waals surface area contributed by atoms with Gasteiger partial charge in [0.15, 0.2) is 5.16 Å². The Kier molecular flexibility index (Phi) is 18.2. The van der Waals surface area contributed by atoms with Gasteiger partial charge in [-0.15, -0.1) is 0 Å². The minimum Gasteiger partial charge on any atom is -0.491 e. The van der Waals surface area contributed by atoms with Crippen LogP contribution >= 0.6 is 11.8 Å². The molecule has 0 bridgehead atoms. The van der Waals surface area contributed by atoms with Gasteiger partial charge in [-0.3, -0.25) is 0 Å². The highest BCUT2D eigenvalue weighted by molar-refractivity contribution is 7.99. The Balaban J connectivity index is 1.65. The first kappa shape index (κ1) is 44.0. The average Bonchev–Trinajstić information content (AvgIpc) is 3.55. The number of allylic oxidation sites excluding steroid dienone is 1. The molecule has 4 rings (SSSR count). The molecule has 2 heterocycles. The number of carbonyl (C=O) groups excluding carboxylic acids is 2. The number of carbonyl (C=O) groups is 2. The number of benzene rings is 2. The first-order chi connectivity index (χ1) is 26.5. The van der Waals surface area contributed by atoms with Gasteiger partial charge in [0.2, 0.25) is 0 Å². The first-order valence-electron chi connectivity index (χ1n) is 21.0. The lowest BCUT2D eigenvalue weighted by molar-refractivity contribution is -0.143. The van der Waals surface area contributed by atoms with E-state index >= 15 is 0 Å². The molecular formula is C46H67N3O5S. The predicted molar refractivity (Wildman–Crippen MR) is 226 cm³/mol. The van der Waals surface area contributed by atoms with E-state index in [2.05, 4.69) is 23.3 Å². The Morgan fingerprint density at radius 2 is 1.31 bits per heavy atom. The van der Waals surface area contributed by atoms with E-state index < -0.39 is 17.9 Å². The summed E-state index contributed by atoms with van der Waals surface area (Å²) in [7, 11) is 0. The standard InChI is InChI=1S/C46H67N3O5S/c1-9-10-11-12-13-14-15-16-17-18-19-20-21-25-35-26-24-29-39(52-31(2)3)41(35)43-40(44(50)53-32(4)5)34(8)47-38(42(43)45(51)54-33(6)7)30-55-46-48-36-27-22-23-28-37(36)49-46/h22-24,26-29,31-33,43,47H,9-21,25,30H2,1-8H3,(H,48,49). The molecule has 3 aromatic rings. The van der Waals surface area contributed by atoms with Crippen LogP contribution in [0.15, 0.2) is 70.2 Å². The van der Waals surface area contributed by atoms with Gasteiger partial charge in [-0.05, 0) is 85.1 Å². The number of nitrogens with zero attached hydrogens (tertiary/aromatic N) is 1. The molecule has 1 atom stereocenters. The molecule has 1 aliphatic rings. The number of dihydropyridines is 1. The van der Waals surface area contributed by atoms with Crippen molar-refractivity contribution < 1.29 is 23.8 Å². The van der Waals surface area contributed by atoms with E-state index in [1.807, 2.05) is 84.9 Å². The molecule has 0 aliphatic carbocycles. The predicted octanol–water partition coefficient (Wildman–Crippen LogP) is 11.9. The number of H-pyrrole nitrogens is 1. The number of imidazole rings is 1. The molecule has 2 aromatic carbocycles. The molecule has 1 aliphatic heterocycles. The second kappa shape index (κ2) is 22.7. The number of nitrogens with one attached hydrogen (secondary N) is 2. The Bertz CT molecular complexity index is 1710. The highest BCUT2D eigenvalue weighted by Crippen LogP contribution is 2.46. The number of fused-ring (bicyclic) bond motifs is 1. The monoisotopic (exact) mass is 773 g/mol. The molecule has 0 radical (unpaired) electrons. The first-order valence-corrected chi connectivity index (χ1v) is 22.0.